The van der Waals surface area contributed by atoms with E-state index in [1.807, 2.05) is 37.4 Å². The molecule has 0 unspecified atom stereocenters. The number of methoxy groups -OCH3 is 3. The van der Waals surface area contributed by atoms with Crippen molar-refractivity contribution in [3.63, 3.8) is 0 Å². The van der Waals surface area contributed by atoms with Gasteiger partial charge in [0.05, 0.1) is 21.3 Å². The van der Waals surface area contributed by atoms with Gasteiger partial charge < -0.3 is 24.4 Å². The van der Waals surface area contributed by atoms with E-state index in [2.05, 4.69) is 27.3 Å². The van der Waals surface area contributed by atoms with Gasteiger partial charge in [-0.3, -0.25) is 4.99 Å². The van der Waals surface area contributed by atoms with Crippen LogP contribution in [0.5, 0.6) is 17.2 Å². The Morgan fingerprint density at radius 2 is 1.67 bits per heavy atom. The summed E-state index contributed by atoms with van der Waals surface area (Å²) >= 11 is 0. The van der Waals surface area contributed by atoms with E-state index in [1.165, 1.54) is 5.56 Å². The van der Waals surface area contributed by atoms with Crippen LogP contribution in [-0.2, 0) is 13.0 Å². The second kappa shape index (κ2) is 10.3. The van der Waals surface area contributed by atoms with E-state index >= 15 is 0 Å². The van der Waals surface area contributed by atoms with Crippen LogP contribution in [0.3, 0.4) is 0 Å². The molecule has 27 heavy (non-hydrogen) atoms. The predicted octanol–water partition coefficient (Wildman–Crippen LogP) is 2.96. The molecule has 6 heteroatoms. The van der Waals surface area contributed by atoms with Gasteiger partial charge in [0.25, 0.3) is 0 Å². The molecule has 0 aliphatic rings. The lowest BCUT2D eigenvalue weighted by Gasteiger charge is -2.22. The Kier molecular flexibility index (Phi) is 7.79. The SMILES string of the molecule is CN=C(NCCc1ccc(OC)c(OC)c1OC)N(C)Cc1ccccc1. The number of guanidine groups is 1. The molecule has 0 aliphatic carbocycles. The minimum absolute atomic E-state index is 0.614. The monoisotopic (exact) mass is 371 g/mol. The van der Waals surface area contributed by atoms with Crippen LogP contribution < -0.4 is 19.5 Å². The number of hydrogen-bond acceptors (Lipinski definition) is 4. The van der Waals surface area contributed by atoms with Crippen LogP contribution in [-0.4, -0.2) is 52.8 Å². The summed E-state index contributed by atoms with van der Waals surface area (Å²) in [7, 11) is 8.69. The molecule has 0 atom stereocenters. The zero-order chi connectivity index (χ0) is 19.6. The van der Waals surface area contributed by atoms with Crippen molar-refractivity contribution in [1.29, 1.82) is 0 Å². The molecule has 1 N–H and O–H groups in total. The number of aliphatic imine (C=N–C) groups is 1. The van der Waals surface area contributed by atoms with Crippen molar-refractivity contribution in [1.82, 2.24) is 10.2 Å². The van der Waals surface area contributed by atoms with Crippen molar-refractivity contribution in [2.24, 2.45) is 4.99 Å². The first-order valence-electron chi connectivity index (χ1n) is 8.88. The first-order valence-corrected chi connectivity index (χ1v) is 8.88. The highest BCUT2D eigenvalue weighted by molar-refractivity contribution is 5.79. The number of benzene rings is 2. The molecular weight excluding hydrogens is 342 g/mol. The van der Waals surface area contributed by atoms with E-state index < -0.39 is 0 Å². The first kappa shape index (κ1) is 20.4. The lowest BCUT2D eigenvalue weighted by molar-refractivity contribution is 0.322. The van der Waals surface area contributed by atoms with Gasteiger partial charge >= 0.3 is 0 Å². The van der Waals surface area contributed by atoms with Crippen LogP contribution in [0.2, 0.25) is 0 Å². The van der Waals surface area contributed by atoms with Crippen LogP contribution in [0.1, 0.15) is 11.1 Å². The number of rotatable bonds is 8. The molecule has 146 valence electrons. The van der Waals surface area contributed by atoms with E-state index in [1.54, 1.807) is 28.4 Å². The number of nitrogens with one attached hydrogen (secondary N) is 1. The summed E-state index contributed by atoms with van der Waals surface area (Å²) in [4.78, 5) is 6.47. The van der Waals surface area contributed by atoms with Gasteiger partial charge in [0, 0.05) is 32.7 Å². The van der Waals surface area contributed by atoms with Gasteiger partial charge in [-0.2, -0.15) is 0 Å². The summed E-state index contributed by atoms with van der Waals surface area (Å²) in [6.07, 6.45) is 0.766. The van der Waals surface area contributed by atoms with Gasteiger partial charge in [-0.25, -0.2) is 0 Å². The quantitative estimate of drug-likeness (QED) is 0.571. The number of hydrogen-bond donors (Lipinski definition) is 1. The minimum Gasteiger partial charge on any atom is -0.493 e. The third kappa shape index (κ3) is 5.29. The Morgan fingerprint density at radius 3 is 2.26 bits per heavy atom. The zero-order valence-corrected chi connectivity index (χ0v) is 16.8. The highest BCUT2D eigenvalue weighted by atomic mass is 16.5. The van der Waals surface area contributed by atoms with Crippen molar-refractivity contribution < 1.29 is 14.2 Å². The zero-order valence-electron chi connectivity index (χ0n) is 16.8. The third-order valence-electron chi connectivity index (χ3n) is 4.30. The smallest absolute Gasteiger partial charge is 0.203 e. The molecule has 6 nitrogen and oxygen atoms in total. The summed E-state index contributed by atoms with van der Waals surface area (Å²) < 4.78 is 16.3. The van der Waals surface area contributed by atoms with Gasteiger partial charge in [-0.15, -0.1) is 0 Å². The van der Waals surface area contributed by atoms with E-state index in [4.69, 9.17) is 14.2 Å². The summed E-state index contributed by atoms with van der Waals surface area (Å²) in [5.74, 6) is 2.82. The molecule has 0 bridgehead atoms. The Morgan fingerprint density at radius 1 is 0.963 bits per heavy atom. The standard InChI is InChI=1S/C21H29N3O3/c1-22-21(24(2)15-16-9-7-6-8-10-16)23-14-13-17-11-12-18(25-3)20(27-5)19(17)26-4/h6-12H,13-15H2,1-5H3,(H,22,23). The van der Waals surface area contributed by atoms with Crippen molar-refractivity contribution >= 4 is 5.96 Å². The lowest BCUT2D eigenvalue weighted by Crippen LogP contribution is -2.39. The van der Waals surface area contributed by atoms with Crippen LogP contribution in [0, 0.1) is 0 Å². The summed E-state index contributed by atoms with van der Waals surface area (Å²) in [5.41, 5.74) is 2.29. The molecular formula is C21H29N3O3. The molecule has 0 spiro atoms. The van der Waals surface area contributed by atoms with E-state index in [-0.39, 0.29) is 0 Å². The second-order valence-electron chi connectivity index (χ2n) is 6.06. The molecule has 0 saturated carbocycles. The van der Waals surface area contributed by atoms with Gasteiger partial charge in [0.2, 0.25) is 5.75 Å². The predicted molar refractivity (Wildman–Crippen MR) is 109 cm³/mol. The molecule has 0 fully saturated rings. The van der Waals surface area contributed by atoms with Crippen LogP contribution in [0.25, 0.3) is 0 Å². The van der Waals surface area contributed by atoms with Gasteiger partial charge in [-0.05, 0) is 18.1 Å². The third-order valence-corrected chi connectivity index (χ3v) is 4.30. The molecule has 0 radical (unpaired) electrons. The summed E-state index contributed by atoms with van der Waals surface area (Å²) in [6.45, 7) is 1.51. The highest BCUT2D eigenvalue weighted by Crippen LogP contribution is 2.39. The van der Waals surface area contributed by atoms with Crippen LogP contribution in [0.15, 0.2) is 47.5 Å². The van der Waals surface area contributed by atoms with Gasteiger partial charge in [0.1, 0.15) is 0 Å². The maximum absolute atomic E-state index is 5.55. The maximum Gasteiger partial charge on any atom is 0.203 e. The summed E-state index contributed by atoms with van der Waals surface area (Å²) in [6, 6.07) is 14.2. The highest BCUT2D eigenvalue weighted by Gasteiger charge is 2.15. The largest absolute Gasteiger partial charge is 0.493 e. The molecule has 2 aromatic carbocycles. The maximum atomic E-state index is 5.55. The fourth-order valence-electron chi connectivity index (χ4n) is 2.99. The second-order valence-corrected chi connectivity index (χ2v) is 6.06. The van der Waals surface area contributed by atoms with Gasteiger partial charge in [-0.1, -0.05) is 36.4 Å². The lowest BCUT2D eigenvalue weighted by atomic mass is 10.1. The van der Waals surface area contributed by atoms with Gasteiger partial charge in [0.15, 0.2) is 17.5 Å². The molecule has 0 amide bonds. The normalized spacial score (nSPS) is 11.1. The molecule has 0 saturated heterocycles. The molecule has 0 heterocycles. The molecule has 2 aromatic rings. The Balaban J connectivity index is 2.00. The number of nitrogens with zero attached hydrogens (tertiary/aromatic N) is 2. The Labute approximate surface area is 161 Å². The van der Waals surface area contributed by atoms with Crippen molar-refractivity contribution in [2.75, 3.05) is 42.0 Å². The van der Waals surface area contributed by atoms with E-state index in [0.717, 1.165) is 31.0 Å². The number of ether oxygens (including phenoxy) is 3. The van der Waals surface area contributed by atoms with E-state index in [0.29, 0.717) is 17.2 Å². The fourth-order valence-corrected chi connectivity index (χ4v) is 2.99. The van der Waals surface area contributed by atoms with Crippen molar-refractivity contribution in [3.05, 3.63) is 53.6 Å². The Bertz CT molecular complexity index is 748. The van der Waals surface area contributed by atoms with Crippen molar-refractivity contribution in [2.45, 2.75) is 13.0 Å². The van der Waals surface area contributed by atoms with Crippen LogP contribution >= 0.6 is 0 Å². The van der Waals surface area contributed by atoms with Crippen molar-refractivity contribution in [3.8, 4) is 17.2 Å². The molecule has 2 rings (SSSR count). The average Bonchev–Trinajstić information content (AvgIpc) is 2.71. The first-order chi connectivity index (χ1) is 13.1. The fraction of sp³-hybridized carbons (Fsp3) is 0.381. The average molecular weight is 371 g/mol. The van der Waals surface area contributed by atoms with Crippen LogP contribution in [0.4, 0.5) is 0 Å². The topological polar surface area (TPSA) is 55.3 Å². The molecule has 0 aromatic heterocycles. The molecule has 0 aliphatic heterocycles. The summed E-state index contributed by atoms with van der Waals surface area (Å²) in [5, 5.41) is 3.40. The minimum atomic E-state index is 0.614. The Hall–Kier alpha value is -2.89. The van der Waals surface area contributed by atoms with E-state index in [9.17, 15) is 0 Å².